The second kappa shape index (κ2) is 9.21. The van der Waals surface area contributed by atoms with Crippen LogP contribution in [0.25, 0.3) is 0 Å². The molecule has 0 bridgehead atoms. The Morgan fingerprint density at radius 2 is 2.00 bits per heavy atom. The van der Waals surface area contributed by atoms with E-state index >= 15 is 0 Å². The predicted molar refractivity (Wildman–Crippen MR) is 106 cm³/mol. The molecule has 1 aromatic carbocycles. The molecule has 0 unspecified atom stereocenters. The minimum atomic E-state index is -0.338. The number of amides is 2. The van der Waals surface area contributed by atoms with Crippen LogP contribution in [-0.2, 0) is 0 Å². The number of hydrogen-bond donors (Lipinski definition) is 2. The Morgan fingerprint density at radius 3 is 2.64 bits per heavy atom. The van der Waals surface area contributed by atoms with Crippen molar-refractivity contribution in [1.29, 1.82) is 0 Å². The van der Waals surface area contributed by atoms with Crippen LogP contribution in [0.5, 0.6) is 0 Å². The van der Waals surface area contributed by atoms with Crippen molar-refractivity contribution in [2.24, 2.45) is 22.9 Å². The summed E-state index contributed by atoms with van der Waals surface area (Å²) in [5.41, 5.74) is 5.63. The number of benzene rings is 1. The zero-order chi connectivity index (χ0) is 18.2. The van der Waals surface area contributed by atoms with Gasteiger partial charge in [-0.15, -0.1) is 0 Å². The largest absolute Gasteiger partial charge is 0.339 e. The van der Waals surface area contributed by atoms with E-state index in [9.17, 15) is 4.79 Å². The van der Waals surface area contributed by atoms with Gasteiger partial charge in [-0.3, -0.25) is 0 Å². The van der Waals surface area contributed by atoms with Crippen LogP contribution >= 0.6 is 0 Å². The topological polar surface area (TPSA) is 53.5 Å². The maximum absolute atomic E-state index is 11.8. The maximum atomic E-state index is 11.8. The monoisotopic (exact) mass is 339 g/mol. The molecular weight excluding hydrogens is 310 g/mol. The van der Waals surface area contributed by atoms with Gasteiger partial charge < -0.3 is 5.32 Å². The molecule has 2 rings (SSSR count). The van der Waals surface area contributed by atoms with E-state index in [0.717, 1.165) is 17.8 Å². The van der Waals surface area contributed by atoms with Crippen molar-refractivity contribution in [3.63, 3.8) is 0 Å². The minimum Gasteiger partial charge on any atom is -0.307 e. The molecule has 0 aliphatic heterocycles. The van der Waals surface area contributed by atoms with Crippen molar-refractivity contribution < 1.29 is 4.79 Å². The lowest BCUT2D eigenvalue weighted by Crippen LogP contribution is -2.24. The lowest BCUT2D eigenvalue weighted by molar-refractivity contribution is 0.252. The van der Waals surface area contributed by atoms with Crippen LogP contribution in [0.3, 0.4) is 0 Å². The molecule has 134 valence electrons. The summed E-state index contributed by atoms with van der Waals surface area (Å²) in [6, 6.07) is 8.98. The molecule has 0 saturated carbocycles. The first-order chi connectivity index (χ1) is 12.0. The number of anilines is 1. The Hall–Kier alpha value is -2.36. The molecule has 2 atom stereocenters. The number of carbonyl (C=O) groups excluding carboxylic acids is 1. The lowest BCUT2D eigenvalue weighted by atomic mass is 9.77. The van der Waals surface area contributed by atoms with Crippen LogP contribution in [-0.4, -0.2) is 11.7 Å². The third-order valence-electron chi connectivity index (χ3n) is 4.63. The van der Waals surface area contributed by atoms with Crippen LogP contribution in [0.2, 0.25) is 0 Å². The van der Waals surface area contributed by atoms with Gasteiger partial charge in [0.25, 0.3) is 0 Å². The summed E-state index contributed by atoms with van der Waals surface area (Å²) in [6.45, 7) is 8.72. The molecule has 2 amide bonds. The van der Waals surface area contributed by atoms with Gasteiger partial charge >= 0.3 is 6.03 Å². The highest BCUT2D eigenvalue weighted by molar-refractivity contribution is 5.95. The van der Waals surface area contributed by atoms with Crippen molar-refractivity contribution in [3.8, 4) is 0 Å². The maximum Gasteiger partial charge on any atom is 0.339 e. The molecule has 1 aromatic rings. The van der Waals surface area contributed by atoms with Crippen LogP contribution in [0.1, 0.15) is 40.5 Å². The first-order valence-electron chi connectivity index (χ1n) is 8.99. The molecule has 1 aliphatic rings. The molecule has 0 saturated heterocycles. The van der Waals surface area contributed by atoms with Crippen LogP contribution in [0, 0.1) is 17.8 Å². The van der Waals surface area contributed by atoms with Crippen LogP contribution < -0.4 is 10.7 Å². The van der Waals surface area contributed by atoms with E-state index in [-0.39, 0.29) is 6.03 Å². The molecule has 4 nitrogen and oxygen atoms in total. The average Bonchev–Trinajstić information content (AvgIpc) is 2.59. The average molecular weight is 339 g/mol. The van der Waals surface area contributed by atoms with Crippen molar-refractivity contribution in [2.75, 3.05) is 5.32 Å². The Labute approximate surface area is 151 Å². The molecule has 1 aliphatic carbocycles. The summed E-state index contributed by atoms with van der Waals surface area (Å²) in [7, 11) is 0. The van der Waals surface area contributed by atoms with Crippen LogP contribution in [0.15, 0.2) is 59.2 Å². The molecule has 0 fully saturated rings. The minimum absolute atomic E-state index is 0.338. The van der Waals surface area contributed by atoms with Gasteiger partial charge in [0.2, 0.25) is 0 Å². The van der Waals surface area contributed by atoms with E-state index in [1.54, 1.807) is 5.57 Å². The highest BCUT2D eigenvalue weighted by Crippen LogP contribution is 2.33. The molecule has 25 heavy (non-hydrogen) atoms. The summed E-state index contributed by atoms with van der Waals surface area (Å²) in [4.78, 5) is 11.8. The third kappa shape index (κ3) is 6.22. The molecule has 0 heterocycles. The van der Waals surface area contributed by atoms with Gasteiger partial charge in [0.15, 0.2) is 0 Å². The molecule has 0 spiro atoms. The Balaban J connectivity index is 1.84. The zero-order valence-electron chi connectivity index (χ0n) is 15.6. The number of hydrogen-bond acceptors (Lipinski definition) is 2. The van der Waals surface area contributed by atoms with Crippen molar-refractivity contribution in [3.05, 3.63) is 54.1 Å². The molecular formula is C21H29N3O. The highest BCUT2D eigenvalue weighted by atomic mass is 16.2. The van der Waals surface area contributed by atoms with Gasteiger partial charge in [0.1, 0.15) is 0 Å². The number of allylic oxidation sites excluding steroid dienone is 4. The normalized spacial score (nSPS) is 21.3. The lowest BCUT2D eigenvalue weighted by Gasteiger charge is -2.28. The number of hydrazone groups is 1. The molecule has 0 aromatic heterocycles. The van der Waals surface area contributed by atoms with Gasteiger partial charge in [-0.1, -0.05) is 56.7 Å². The number of carbonyl (C=O) groups is 1. The van der Waals surface area contributed by atoms with Gasteiger partial charge in [0.05, 0.1) is 5.71 Å². The second-order valence-corrected chi connectivity index (χ2v) is 7.06. The highest BCUT2D eigenvalue weighted by Gasteiger charge is 2.21. The van der Waals surface area contributed by atoms with Gasteiger partial charge in [-0.25, -0.2) is 10.2 Å². The predicted octanol–water partition coefficient (Wildman–Crippen LogP) is 5.37. The molecule has 0 radical (unpaired) electrons. The Bertz CT molecular complexity index is 659. The first-order valence-corrected chi connectivity index (χ1v) is 8.99. The SMILES string of the molecule is CC(/C=C/[C@@H]1CC=C(C(C)C)C[C@H]1C)=N\NC(=O)Nc1ccccc1. The van der Waals surface area contributed by atoms with E-state index in [4.69, 9.17) is 0 Å². The summed E-state index contributed by atoms with van der Waals surface area (Å²) < 4.78 is 0. The molecule has 4 heteroatoms. The van der Waals surface area contributed by atoms with E-state index in [2.05, 4.69) is 48.8 Å². The standard InChI is InChI=1S/C21H29N3O/c1-15(2)19-13-12-18(16(3)14-19)11-10-17(4)23-24-21(25)22-20-8-6-5-7-9-20/h5-11,13,15-16,18H,12,14H2,1-4H3,(H2,22,24,25)/b11-10+,23-17+/t16-,18-/m1/s1. The van der Waals surface area contributed by atoms with E-state index < -0.39 is 0 Å². The Kier molecular flexibility index (Phi) is 6.99. The van der Waals surface area contributed by atoms with Crippen molar-refractivity contribution in [1.82, 2.24) is 5.43 Å². The summed E-state index contributed by atoms with van der Waals surface area (Å²) >= 11 is 0. The second-order valence-electron chi connectivity index (χ2n) is 7.06. The van der Waals surface area contributed by atoms with E-state index in [0.29, 0.717) is 17.8 Å². The quantitative estimate of drug-likeness (QED) is 0.423. The summed E-state index contributed by atoms with van der Waals surface area (Å²) in [5, 5.41) is 6.86. The fourth-order valence-electron chi connectivity index (χ4n) is 2.99. The third-order valence-corrected chi connectivity index (χ3v) is 4.63. The smallest absolute Gasteiger partial charge is 0.307 e. The number of rotatable bonds is 5. The fourth-order valence-corrected chi connectivity index (χ4v) is 2.99. The van der Waals surface area contributed by atoms with Gasteiger partial charge in [0, 0.05) is 5.69 Å². The van der Waals surface area contributed by atoms with E-state index in [1.165, 1.54) is 6.42 Å². The first kappa shape index (κ1) is 19.0. The van der Waals surface area contributed by atoms with Crippen molar-refractivity contribution in [2.45, 2.75) is 40.5 Å². The Morgan fingerprint density at radius 1 is 1.28 bits per heavy atom. The van der Waals surface area contributed by atoms with E-state index in [1.807, 2.05) is 43.3 Å². The van der Waals surface area contributed by atoms with Crippen molar-refractivity contribution >= 4 is 17.4 Å². The van der Waals surface area contributed by atoms with Gasteiger partial charge in [-0.2, -0.15) is 5.10 Å². The number of urea groups is 1. The number of nitrogens with one attached hydrogen (secondary N) is 2. The number of para-hydroxylation sites is 1. The molecule has 2 N–H and O–H groups in total. The zero-order valence-corrected chi connectivity index (χ0v) is 15.6. The summed E-state index contributed by atoms with van der Waals surface area (Å²) in [6.07, 6.45) is 8.85. The number of nitrogens with zero attached hydrogens (tertiary/aromatic N) is 1. The summed E-state index contributed by atoms with van der Waals surface area (Å²) in [5.74, 6) is 1.81. The van der Waals surface area contributed by atoms with Gasteiger partial charge in [-0.05, 0) is 55.7 Å². The van der Waals surface area contributed by atoms with Crippen LogP contribution in [0.4, 0.5) is 10.5 Å². The fraction of sp³-hybridized carbons (Fsp3) is 0.429.